The molecule has 21 heavy (non-hydrogen) atoms. The lowest BCUT2D eigenvalue weighted by Gasteiger charge is -2.46. The molecule has 2 nitrogen and oxygen atoms in total. The van der Waals surface area contributed by atoms with Crippen LogP contribution in [-0.2, 0) is 13.0 Å². The van der Waals surface area contributed by atoms with Gasteiger partial charge in [-0.2, -0.15) is 0 Å². The molecule has 1 heterocycles. The zero-order valence-electron chi connectivity index (χ0n) is 13.7. The van der Waals surface area contributed by atoms with Crippen LogP contribution >= 0.6 is 0 Å². The molecule has 2 fully saturated rings. The molecule has 1 N–H and O–H groups in total. The third-order valence-electron chi connectivity index (χ3n) is 5.64. The summed E-state index contributed by atoms with van der Waals surface area (Å²) in [6.07, 6.45) is 7.94. The van der Waals surface area contributed by atoms with Crippen molar-refractivity contribution in [2.75, 3.05) is 13.1 Å². The zero-order chi connectivity index (χ0) is 14.7. The van der Waals surface area contributed by atoms with Crippen molar-refractivity contribution in [1.29, 1.82) is 0 Å². The van der Waals surface area contributed by atoms with Crippen LogP contribution in [0, 0.1) is 0 Å². The number of aryl methyl sites for hydroxylation is 1. The second kappa shape index (κ2) is 6.50. The van der Waals surface area contributed by atoms with Crippen molar-refractivity contribution in [2.45, 2.75) is 70.5 Å². The highest BCUT2D eigenvalue weighted by atomic mass is 15.3. The van der Waals surface area contributed by atoms with E-state index in [4.69, 9.17) is 0 Å². The van der Waals surface area contributed by atoms with E-state index in [1.807, 2.05) is 0 Å². The van der Waals surface area contributed by atoms with Crippen LogP contribution in [0.2, 0.25) is 0 Å². The predicted octanol–water partition coefficient (Wildman–Crippen LogP) is 3.75. The predicted molar refractivity (Wildman–Crippen MR) is 89.5 cm³/mol. The molecule has 0 amide bonds. The molecule has 1 aliphatic heterocycles. The Labute approximate surface area is 129 Å². The Morgan fingerprint density at radius 2 is 1.86 bits per heavy atom. The van der Waals surface area contributed by atoms with Gasteiger partial charge in [0.05, 0.1) is 0 Å². The zero-order valence-corrected chi connectivity index (χ0v) is 13.7. The van der Waals surface area contributed by atoms with Gasteiger partial charge in [0.25, 0.3) is 0 Å². The first-order chi connectivity index (χ1) is 10.3. The fraction of sp³-hybridized carbons (Fsp3) is 0.684. The van der Waals surface area contributed by atoms with Crippen LogP contribution in [0.15, 0.2) is 24.3 Å². The van der Waals surface area contributed by atoms with Crippen LogP contribution in [0.1, 0.15) is 57.1 Å². The van der Waals surface area contributed by atoms with Crippen LogP contribution in [0.3, 0.4) is 0 Å². The highest BCUT2D eigenvalue weighted by Crippen LogP contribution is 2.34. The Morgan fingerprint density at radius 1 is 1.14 bits per heavy atom. The SMILES string of the molecule is CCc1ccccc1CN1CC2(CCCC2)NCC1CC. The third kappa shape index (κ3) is 3.17. The molecular weight excluding hydrogens is 256 g/mol. The van der Waals surface area contributed by atoms with Crippen LogP contribution in [0.4, 0.5) is 0 Å². The highest BCUT2D eigenvalue weighted by molar-refractivity contribution is 5.27. The molecular formula is C19H30N2. The number of piperazine rings is 1. The smallest absolute Gasteiger partial charge is 0.0309 e. The maximum absolute atomic E-state index is 3.90. The van der Waals surface area contributed by atoms with Crippen molar-refractivity contribution in [3.63, 3.8) is 0 Å². The van der Waals surface area contributed by atoms with Crippen LogP contribution in [0.25, 0.3) is 0 Å². The Kier molecular flexibility index (Phi) is 4.66. The molecule has 1 aromatic rings. The van der Waals surface area contributed by atoms with Crippen molar-refractivity contribution < 1.29 is 0 Å². The molecule has 1 unspecified atom stereocenters. The minimum absolute atomic E-state index is 0.423. The second-order valence-electron chi connectivity index (χ2n) is 6.96. The Morgan fingerprint density at radius 3 is 2.52 bits per heavy atom. The van der Waals surface area contributed by atoms with E-state index >= 15 is 0 Å². The van der Waals surface area contributed by atoms with E-state index in [0.29, 0.717) is 11.6 Å². The molecule has 3 rings (SSSR count). The van der Waals surface area contributed by atoms with Crippen molar-refractivity contribution in [3.8, 4) is 0 Å². The van der Waals surface area contributed by atoms with E-state index in [2.05, 4.69) is 48.3 Å². The first-order valence-electron chi connectivity index (χ1n) is 8.82. The summed E-state index contributed by atoms with van der Waals surface area (Å²) >= 11 is 0. The first-order valence-corrected chi connectivity index (χ1v) is 8.82. The quantitative estimate of drug-likeness (QED) is 0.907. The van der Waals surface area contributed by atoms with E-state index < -0.39 is 0 Å². The number of hydrogen-bond acceptors (Lipinski definition) is 2. The summed E-state index contributed by atoms with van der Waals surface area (Å²) < 4.78 is 0. The fourth-order valence-electron chi connectivity index (χ4n) is 4.29. The van der Waals surface area contributed by atoms with Crippen molar-refractivity contribution >= 4 is 0 Å². The standard InChI is InChI=1S/C19H30N2/c1-3-16-9-5-6-10-17(16)14-21-15-19(11-7-8-12-19)20-13-18(21)4-2/h5-6,9-10,18,20H,3-4,7-8,11-15H2,1-2H3. The third-order valence-corrected chi connectivity index (χ3v) is 5.64. The molecule has 1 saturated carbocycles. The minimum atomic E-state index is 0.423. The number of hydrogen-bond donors (Lipinski definition) is 1. The molecule has 0 aromatic heterocycles. The van der Waals surface area contributed by atoms with E-state index in [1.165, 1.54) is 56.3 Å². The van der Waals surface area contributed by atoms with Crippen LogP contribution in [-0.4, -0.2) is 29.6 Å². The lowest BCUT2D eigenvalue weighted by Crippen LogP contribution is -2.62. The van der Waals surface area contributed by atoms with E-state index in [1.54, 1.807) is 0 Å². The van der Waals surface area contributed by atoms with Gasteiger partial charge >= 0.3 is 0 Å². The van der Waals surface area contributed by atoms with Gasteiger partial charge in [-0.1, -0.05) is 51.0 Å². The highest BCUT2D eigenvalue weighted by Gasteiger charge is 2.40. The maximum atomic E-state index is 3.90. The monoisotopic (exact) mass is 286 g/mol. The average molecular weight is 286 g/mol. The summed E-state index contributed by atoms with van der Waals surface area (Å²) in [4.78, 5) is 2.76. The van der Waals surface area contributed by atoms with Crippen molar-refractivity contribution in [1.82, 2.24) is 10.2 Å². The average Bonchev–Trinajstić information content (AvgIpc) is 2.96. The Balaban J connectivity index is 1.77. The van der Waals surface area contributed by atoms with Gasteiger partial charge in [0.1, 0.15) is 0 Å². The number of nitrogens with zero attached hydrogens (tertiary/aromatic N) is 1. The Hall–Kier alpha value is -0.860. The van der Waals surface area contributed by atoms with Gasteiger partial charge in [-0.25, -0.2) is 0 Å². The number of rotatable bonds is 4. The van der Waals surface area contributed by atoms with Crippen LogP contribution in [0.5, 0.6) is 0 Å². The van der Waals surface area contributed by atoms with E-state index in [0.717, 1.165) is 13.0 Å². The molecule has 116 valence electrons. The molecule has 1 aliphatic carbocycles. The molecule has 0 bridgehead atoms. The minimum Gasteiger partial charge on any atom is -0.308 e. The lowest BCUT2D eigenvalue weighted by atomic mass is 9.91. The number of nitrogens with one attached hydrogen (secondary N) is 1. The van der Waals surface area contributed by atoms with Gasteiger partial charge in [0.15, 0.2) is 0 Å². The van der Waals surface area contributed by atoms with E-state index in [9.17, 15) is 0 Å². The Bertz CT molecular complexity index is 462. The lowest BCUT2D eigenvalue weighted by molar-refractivity contribution is 0.0716. The summed E-state index contributed by atoms with van der Waals surface area (Å²) in [7, 11) is 0. The summed E-state index contributed by atoms with van der Waals surface area (Å²) in [6, 6.07) is 9.69. The van der Waals surface area contributed by atoms with Gasteiger partial charge in [-0.05, 0) is 36.8 Å². The van der Waals surface area contributed by atoms with Gasteiger partial charge in [-0.3, -0.25) is 4.90 Å². The van der Waals surface area contributed by atoms with Crippen molar-refractivity contribution in [2.24, 2.45) is 0 Å². The molecule has 1 aromatic carbocycles. The van der Waals surface area contributed by atoms with Gasteiger partial charge < -0.3 is 5.32 Å². The van der Waals surface area contributed by atoms with Crippen LogP contribution < -0.4 is 5.32 Å². The van der Waals surface area contributed by atoms with E-state index in [-0.39, 0.29) is 0 Å². The molecule has 2 heteroatoms. The van der Waals surface area contributed by atoms with Gasteiger partial charge in [-0.15, -0.1) is 0 Å². The molecule has 1 spiro atoms. The van der Waals surface area contributed by atoms with Crippen molar-refractivity contribution in [3.05, 3.63) is 35.4 Å². The normalized spacial score (nSPS) is 25.5. The maximum Gasteiger partial charge on any atom is 0.0309 e. The van der Waals surface area contributed by atoms with Gasteiger partial charge in [0.2, 0.25) is 0 Å². The second-order valence-corrected chi connectivity index (χ2v) is 6.96. The molecule has 1 saturated heterocycles. The molecule has 0 radical (unpaired) electrons. The first kappa shape index (κ1) is 15.1. The fourth-order valence-corrected chi connectivity index (χ4v) is 4.29. The topological polar surface area (TPSA) is 15.3 Å². The summed E-state index contributed by atoms with van der Waals surface area (Å²) in [5.41, 5.74) is 3.48. The van der Waals surface area contributed by atoms with Gasteiger partial charge in [0, 0.05) is 31.2 Å². The summed E-state index contributed by atoms with van der Waals surface area (Å²) in [5.74, 6) is 0. The summed E-state index contributed by atoms with van der Waals surface area (Å²) in [5, 5.41) is 3.90. The summed E-state index contributed by atoms with van der Waals surface area (Å²) in [6.45, 7) is 8.14. The number of benzene rings is 1. The largest absolute Gasteiger partial charge is 0.308 e. The molecule has 1 atom stereocenters. The molecule has 2 aliphatic rings.